The van der Waals surface area contributed by atoms with Gasteiger partial charge in [0.25, 0.3) is 0 Å². The maximum atomic E-state index is 11.9. The van der Waals surface area contributed by atoms with Crippen LogP contribution in [0.3, 0.4) is 0 Å². The van der Waals surface area contributed by atoms with Crippen molar-refractivity contribution in [2.24, 2.45) is 11.8 Å². The molecular weight excluding hydrogens is 200 g/mol. The van der Waals surface area contributed by atoms with Crippen molar-refractivity contribution in [1.29, 1.82) is 0 Å². The van der Waals surface area contributed by atoms with Crippen LogP contribution in [0.1, 0.15) is 39.5 Å². The second-order valence-corrected chi connectivity index (χ2v) is 5.63. The number of nitrogens with one attached hydrogen (secondary N) is 1. The van der Waals surface area contributed by atoms with Crippen molar-refractivity contribution >= 4 is 5.91 Å². The number of rotatable bonds is 4. The number of piperidine rings is 1. The van der Waals surface area contributed by atoms with E-state index in [-0.39, 0.29) is 5.92 Å². The van der Waals surface area contributed by atoms with E-state index in [0.717, 1.165) is 32.0 Å². The number of nitrogens with zero attached hydrogens (tertiary/aromatic N) is 1. The van der Waals surface area contributed by atoms with Crippen molar-refractivity contribution in [2.75, 3.05) is 19.6 Å². The molecule has 0 radical (unpaired) electrons. The Balaban J connectivity index is 1.76. The molecule has 92 valence electrons. The number of carbonyl (C=O) groups is 1. The summed E-state index contributed by atoms with van der Waals surface area (Å²) in [4.78, 5) is 13.9. The lowest BCUT2D eigenvalue weighted by atomic mass is 10.0. The summed E-state index contributed by atoms with van der Waals surface area (Å²) in [6, 6.07) is 0.539. The normalized spacial score (nSPS) is 26.2. The quantitative estimate of drug-likeness (QED) is 0.787. The third-order valence-electron chi connectivity index (χ3n) is 3.62. The van der Waals surface area contributed by atoms with Crippen LogP contribution in [-0.4, -0.2) is 36.5 Å². The van der Waals surface area contributed by atoms with Crippen LogP contribution in [0.2, 0.25) is 0 Å². The average Bonchev–Trinajstić information content (AvgIpc) is 3.09. The van der Waals surface area contributed by atoms with Crippen LogP contribution in [-0.2, 0) is 4.79 Å². The fourth-order valence-corrected chi connectivity index (χ4v) is 2.36. The summed E-state index contributed by atoms with van der Waals surface area (Å²) in [5.41, 5.74) is 0. The SMILES string of the molecule is CC(C)C(=O)N1CCCC(NCC2CC2)C1. The highest BCUT2D eigenvalue weighted by Crippen LogP contribution is 2.28. The van der Waals surface area contributed by atoms with Crippen LogP contribution in [0.5, 0.6) is 0 Å². The molecular formula is C13H24N2O. The molecule has 1 amide bonds. The third-order valence-corrected chi connectivity index (χ3v) is 3.62. The molecule has 16 heavy (non-hydrogen) atoms. The van der Waals surface area contributed by atoms with E-state index in [1.165, 1.54) is 19.3 Å². The molecule has 0 aromatic rings. The highest BCUT2D eigenvalue weighted by Gasteiger charge is 2.27. The molecule has 1 atom stereocenters. The predicted octanol–water partition coefficient (Wildman–Crippen LogP) is 1.63. The molecule has 3 heteroatoms. The molecule has 3 nitrogen and oxygen atoms in total. The van der Waals surface area contributed by atoms with Gasteiger partial charge in [0.05, 0.1) is 0 Å². The average molecular weight is 224 g/mol. The van der Waals surface area contributed by atoms with Gasteiger partial charge in [0.2, 0.25) is 5.91 Å². The van der Waals surface area contributed by atoms with E-state index >= 15 is 0 Å². The van der Waals surface area contributed by atoms with Gasteiger partial charge >= 0.3 is 0 Å². The van der Waals surface area contributed by atoms with Crippen molar-refractivity contribution in [2.45, 2.75) is 45.6 Å². The van der Waals surface area contributed by atoms with Crippen LogP contribution in [0.25, 0.3) is 0 Å². The van der Waals surface area contributed by atoms with Crippen LogP contribution in [0.4, 0.5) is 0 Å². The Labute approximate surface area is 98.6 Å². The number of hydrogen-bond acceptors (Lipinski definition) is 2. The molecule has 0 bridgehead atoms. The highest BCUT2D eigenvalue weighted by atomic mass is 16.2. The summed E-state index contributed by atoms with van der Waals surface area (Å²) in [6.45, 7) is 7.02. The Hall–Kier alpha value is -0.570. The van der Waals surface area contributed by atoms with E-state index in [0.29, 0.717) is 11.9 Å². The van der Waals surface area contributed by atoms with Crippen LogP contribution >= 0.6 is 0 Å². The number of amides is 1. The largest absolute Gasteiger partial charge is 0.341 e. The minimum Gasteiger partial charge on any atom is -0.341 e. The zero-order chi connectivity index (χ0) is 11.5. The predicted molar refractivity (Wildman–Crippen MR) is 65.2 cm³/mol. The molecule has 1 heterocycles. The molecule has 1 aliphatic heterocycles. The third kappa shape index (κ3) is 3.21. The number of carbonyl (C=O) groups excluding carboxylic acids is 1. The Kier molecular flexibility index (Phi) is 3.85. The Morgan fingerprint density at radius 3 is 2.75 bits per heavy atom. The maximum absolute atomic E-state index is 11.9. The molecule has 1 N–H and O–H groups in total. The van der Waals surface area contributed by atoms with Gasteiger partial charge in [-0.25, -0.2) is 0 Å². The Morgan fingerprint density at radius 1 is 1.38 bits per heavy atom. The van der Waals surface area contributed by atoms with Gasteiger partial charge < -0.3 is 10.2 Å². The lowest BCUT2D eigenvalue weighted by molar-refractivity contribution is -0.135. The first kappa shape index (κ1) is 11.9. The van der Waals surface area contributed by atoms with Gasteiger partial charge in [-0.1, -0.05) is 13.8 Å². The molecule has 2 aliphatic rings. The Bertz CT molecular complexity index is 248. The second-order valence-electron chi connectivity index (χ2n) is 5.63. The fraction of sp³-hybridized carbons (Fsp3) is 0.923. The zero-order valence-corrected chi connectivity index (χ0v) is 10.5. The molecule has 1 aliphatic carbocycles. The summed E-state index contributed by atoms with van der Waals surface area (Å²) in [7, 11) is 0. The number of hydrogen-bond donors (Lipinski definition) is 1. The molecule has 1 saturated heterocycles. The number of likely N-dealkylation sites (tertiary alicyclic amines) is 1. The van der Waals surface area contributed by atoms with Gasteiger partial charge in [-0.15, -0.1) is 0 Å². The van der Waals surface area contributed by atoms with Crippen LogP contribution in [0.15, 0.2) is 0 Å². The minimum absolute atomic E-state index is 0.141. The standard InChI is InChI=1S/C13H24N2O/c1-10(2)13(16)15-7-3-4-12(9-15)14-8-11-5-6-11/h10-12,14H,3-9H2,1-2H3. The van der Waals surface area contributed by atoms with E-state index in [1.54, 1.807) is 0 Å². The van der Waals surface area contributed by atoms with Gasteiger partial charge in [0.1, 0.15) is 0 Å². The van der Waals surface area contributed by atoms with E-state index in [4.69, 9.17) is 0 Å². The van der Waals surface area contributed by atoms with Crippen molar-refractivity contribution in [3.05, 3.63) is 0 Å². The van der Waals surface area contributed by atoms with Crippen molar-refractivity contribution in [1.82, 2.24) is 10.2 Å². The fourth-order valence-electron chi connectivity index (χ4n) is 2.36. The van der Waals surface area contributed by atoms with Gasteiger partial charge in [0, 0.05) is 25.0 Å². The molecule has 1 saturated carbocycles. The zero-order valence-electron chi connectivity index (χ0n) is 10.5. The first-order chi connectivity index (χ1) is 7.66. The molecule has 0 aromatic carbocycles. The lowest BCUT2D eigenvalue weighted by Gasteiger charge is -2.34. The molecule has 0 aromatic heterocycles. The minimum atomic E-state index is 0.141. The molecule has 2 rings (SSSR count). The van der Waals surface area contributed by atoms with Gasteiger partial charge in [-0.2, -0.15) is 0 Å². The molecule has 0 spiro atoms. The maximum Gasteiger partial charge on any atom is 0.225 e. The molecule has 1 unspecified atom stereocenters. The van der Waals surface area contributed by atoms with Gasteiger partial charge in [0.15, 0.2) is 0 Å². The van der Waals surface area contributed by atoms with Crippen LogP contribution in [0, 0.1) is 11.8 Å². The smallest absolute Gasteiger partial charge is 0.225 e. The summed E-state index contributed by atoms with van der Waals surface area (Å²) < 4.78 is 0. The topological polar surface area (TPSA) is 32.3 Å². The van der Waals surface area contributed by atoms with E-state index in [1.807, 2.05) is 18.7 Å². The van der Waals surface area contributed by atoms with Crippen molar-refractivity contribution in [3.8, 4) is 0 Å². The summed E-state index contributed by atoms with van der Waals surface area (Å²) in [5, 5.41) is 3.61. The Morgan fingerprint density at radius 2 is 2.12 bits per heavy atom. The van der Waals surface area contributed by atoms with Gasteiger partial charge in [-0.3, -0.25) is 4.79 Å². The van der Waals surface area contributed by atoms with Crippen molar-refractivity contribution < 1.29 is 4.79 Å². The highest BCUT2D eigenvalue weighted by molar-refractivity contribution is 5.78. The molecule has 2 fully saturated rings. The van der Waals surface area contributed by atoms with E-state index < -0.39 is 0 Å². The second kappa shape index (κ2) is 5.17. The first-order valence-corrected chi connectivity index (χ1v) is 6.69. The lowest BCUT2D eigenvalue weighted by Crippen LogP contribution is -2.49. The summed E-state index contributed by atoms with van der Waals surface area (Å²) in [5.74, 6) is 1.39. The van der Waals surface area contributed by atoms with Crippen molar-refractivity contribution in [3.63, 3.8) is 0 Å². The van der Waals surface area contributed by atoms with Gasteiger partial charge in [-0.05, 0) is 38.1 Å². The van der Waals surface area contributed by atoms with E-state index in [9.17, 15) is 4.79 Å². The monoisotopic (exact) mass is 224 g/mol. The summed E-state index contributed by atoms with van der Waals surface area (Å²) in [6.07, 6.45) is 5.18. The van der Waals surface area contributed by atoms with E-state index in [2.05, 4.69) is 5.32 Å². The van der Waals surface area contributed by atoms with Crippen LogP contribution < -0.4 is 5.32 Å². The first-order valence-electron chi connectivity index (χ1n) is 6.69. The summed E-state index contributed by atoms with van der Waals surface area (Å²) >= 11 is 0.